The van der Waals surface area contributed by atoms with Gasteiger partial charge in [0.2, 0.25) is 0 Å². The number of rotatable bonds is 5. The van der Waals surface area contributed by atoms with Crippen LogP contribution in [0.25, 0.3) is 5.57 Å². The maximum atomic E-state index is 11.7. The van der Waals surface area contributed by atoms with Crippen molar-refractivity contribution >= 4 is 28.6 Å². The van der Waals surface area contributed by atoms with Gasteiger partial charge < -0.3 is 10.1 Å². The van der Waals surface area contributed by atoms with Crippen LogP contribution in [0.3, 0.4) is 0 Å². The second-order valence-corrected chi connectivity index (χ2v) is 5.27. The van der Waals surface area contributed by atoms with Crippen molar-refractivity contribution in [3.05, 3.63) is 52.1 Å². The number of ether oxygens (including phenoxy) is 1. The molecule has 2 aromatic rings. The van der Waals surface area contributed by atoms with Gasteiger partial charge in [-0.2, -0.15) is 5.26 Å². The third-order valence-corrected chi connectivity index (χ3v) is 3.72. The topological polar surface area (TPSA) is 75.0 Å². The number of aromatic nitrogens is 1. The van der Waals surface area contributed by atoms with E-state index in [1.807, 2.05) is 12.3 Å². The molecule has 1 heterocycles. The Balaban J connectivity index is 2.16. The van der Waals surface area contributed by atoms with E-state index in [1.165, 1.54) is 11.3 Å². The molecule has 0 bridgehead atoms. The smallest absolute Gasteiger partial charge is 0.338 e. The first-order valence-corrected chi connectivity index (χ1v) is 7.58. The Hall–Kier alpha value is -2.65. The number of anilines is 1. The van der Waals surface area contributed by atoms with E-state index < -0.39 is 0 Å². The summed E-state index contributed by atoms with van der Waals surface area (Å²) in [5, 5.41) is 14.8. The van der Waals surface area contributed by atoms with E-state index in [2.05, 4.69) is 16.4 Å². The summed E-state index contributed by atoms with van der Waals surface area (Å²) in [6.07, 6.45) is 1.59. The van der Waals surface area contributed by atoms with Crippen LogP contribution in [-0.2, 0) is 4.74 Å². The molecule has 2 rings (SSSR count). The number of thiazole rings is 1. The van der Waals surface area contributed by atoms with Gasteiger partial charge in [-0.15, -0.1) is 11.3 Å². The summed E-state index contributed by atoms with van der Waals surface area (Å²) in [4.78, 5) is 16.0. The molecule has 0 aliphatic heterocycles. The van der Waals surface area contributed by atoms with Gasteiger partial charge in [0.15, 0.2) is 0 Å². The third-order valence-electron chi connectivity index (χ3n) is 2.73. The van der Waals surface area contributed by atoms with Crippen LogP contribution in [0, 0.1) is 18.3 Å². The molecule has 6 heteroatoms. The Labute approximate surface area is 132 Å². The van der Waals surface area contributed by atoms with Gasteiger partial charge in [0.1, 0.15) is 16.6 Å². The zero-order valence-corrected chi connectivity index (χ0v) is 13.1. The summed E-state index contributed by atoms with van der Waals surface area (Å²) in [6, 6.07) is 9.03. The van der Waals surface area contributed by atoms with Crippen LogP contribution in [-0.4, -0.2) is 17.6 Å². The fraction of sp³-hybridized carbons (Fsp3) is 0.188. The minimum atomic E-state index is -0.369. The van der Waals surface area contributed by atoms with Crippen LogP contribution in [0.5, 0.6) is 0 Å². The number of benzene rings is 1. The SMILES string of the molecule is CCOC(=O)c1cccc(N/C=C(\C#N)c2nc(C)cs2)c1. The number of carbonyl (C=O) groups excluding carboxylic acids is 1. The van der Waals surface area contributed by atoms with Crippen LogP contribution >= 0.6 is 11.3 Å². The maximum absolute atomic E-state index is 11.7. The lowest BCUT2D eigenvalue weighted by Crippen LogP contribution is -2.04. The van der Waals surface area contributed by atoms with Gasteiger partial charge in [-0.1, -0.05) is 6.07 Å². The molecule has 1 aromatic carbocycles. The number of hydrogen-bond acceptors (Lipinski definition) is 6. The highest BCUT2D eigenvalue weighted by atomic mass is 32.1. The summed E-state index contributed by atoms with van der Waals surface area (Å²) >= 11 is 1.42. The number of carbonyl (C=O) groups is 1. The Kier molecular flexibility index (Phi) is 5.28. The fourth-order valence-corrected chi connectivity index (χ4v) is 2.49. The van der Waals surface area contributed by atoms with Gasteiger partial charge in [0.05, 0.1) is 12.2 Å². The molecule has 0 radical (unpaired) electrons. The second kappa shape index (κ2) is 7.38. The summed E-state index contributed by atoms with van der Waals surface area (Å²) in [7, 11) is 0. The maximum Gasteiger partial charge on any atom is 0.338 e. The van der Waals surface area contributed by atoms with Gasteiger partial charge in [-0.05, 0) is 32.0 Å². The Bertz CT molecular complexity index is 744. The summed E-state index contributed by atoms with van der Waals surface area (Å²) in [5.41, 5.74) is 2.49. The highest BCUT2D eigenvalue weighted by Crippen LogP contribution is 2.19. The zero-order valence-electron chi connectivity index (χ0n) is 12.3. The first-order valence-electron chi connectivity index (χ1n) is 6.70. The molecule has 0 atom stereocenters. The summed E-state index contributed by atoms with van der Waals surface area (Å²) < 4.78 is 4.96. The van der Waals surface area contributed by atoms with Gasteiger partial charge in [0, 0.05) is 23.0 Å². The lowest BCUT2D eigenvalue weighted by atomic mass is 10.2. The average Bonchev–Trinajstić information content (AvgIpc) is 2.95. The van der Waals surface area contributed by atoms with Crippen LogP contribution < -0.4 is 5.32 Å². The van der Waals surface area contributed by atoms with Crippen molar-refractivity contribution in [1.29, 1.82) is 5.26 Å². The third kappa shape index (κ3) is 3.93. The highest BCUT2D eigenvalue weighted by molar-refractivity contribution is 7.10. The molecule has 0 aliphatic carbocycles. The first kappa shape index (κ1) is 15.7. The van der Waals surface area contributed by atoms with Gasteiger partial charge >= 0.3 is 5.97 Å². The molecule has 22 heavy (non-hydrogen) atoms. The Morgan fingerprint density at radius 3 is 3.00 bits per heavy atom. The quantitative estimate of drug-likeness (QED) is 0.674. The zero-order chi connectivity index (χ0) is 15.9. The molecule has 112 valence electrons. The molecular formula is C16H15N3O2S. The molecule has 0 saturated heterocycles. The van der Waals surface area contributed by atoms with Crippen molar-refractivity contribution in [3.8, 4) is 6.07 Å². The monoisotopic (exact) mass is 313 g/mol. The largest absolute Gasteiger partial charge is 0.462 e. The van der Waals surface area contributed by atoms with E-state index in [0.29, 0.717) is 28.4 Å². The van der Waals surface area contributed by atoms with E-state index in [0.717, 1.165) is 5.69 Å². The van der Waals surface area contributed by atoms with Gasteiger partial charge in [-0.25, -0.2) is 9.78 Å². The van der Waals surface area contributed by atoms with Crippen molar-refractivity contribution in [3.63, 3.8) is 0 Å². The molecule has 1 aromatic heterocycles. The van der Waals surface area contributed by atoms with E-state index in [9.17, 15) is 10.1 Å². The van der Waals surface area contributed by atoms with Crippen LogP contribution in [0.15, 0.2) is 35.8 Å². The lowest BCUT2D eigenvalue weighted by Gasteiger charge is -2.05. The van der Waals surface area contributed by atoms with Gasteiger partial charge in [-0.3, -0.25) is 0 Å². The molecule has 5 nitrogen and oxygen atoms in total. The molecule has 0 saturated carbocycles. The molecular weight excluding hydrogens is 298 g/mol. The molecule has 0 amide bonds. The Morgan fingerprint density at radius 1 is 1.55 bits per heavy atom. The second-order valence-electron chi connectivity index (χ2n) is 4.41. The Morgan fingerprint density at radius 2 is 2.36 bits per heavy atom. The van der Waals surface area contributed by atoms with Crippen molar-refractivity contribution < 1.29 is 9.53 Å². The van der Waals surface area contributed by atoms with Crippen molar-refractivity contribution in [1.82, 2.24) is 4.98 Å². The number of nitriles is 1. The van der Waals surface area contributed by atoms with Crippen molar-refractivity contribution in [2.45, 2.75) is 13.8 Å². The summed E-state index contributed by atoms with van der Waals surface area (Å²) in [5.74, 6) is -0.369. The first-order chi connectivity index (χ1) is 10.6. The lowest BCUT2D eigenvalue weighted by molar-refractivity contribution is 0.0526. The van der Waals surface area contributed by atoms with E-state index in [4.69, 9.17) is 4.74 Å². The molecule has 0 spiro atoms. The van der Waals surface area contributed by atoms with E-state index in [-0.39, 0.29) is 5.97 Å². The minimum absolute atomic E-state index is 0.332. The van der Waals surface area contributed by atoms with Crippen LogP contribution in [0.1, 0.15) is 28.0 Å². The average molecular weight is 313 g/mol. The number of nitrogens with zero attached hydrogens (tertiary/aromatic N) is 2. The van der Waals surface area contributed by atoms with Crippen molar-refractivity contribution in [2.75, 3.05) is 11.9 Å². The summed E-state index contributed by atoms with van der Waals surface area (Å²) in [6.45, 7) is 3.97. The minimum Gasteiger partial charge on any atom is -0.462 e. The number of aryl methyl sites for hydroxylation is 1. The normalized spacial score (nSPS) is 10.9. The number of hydrogen-bond donors (Lipinski definition) is 1. The number of nitrogens with one attached hydrogen (secondary N) is 1. The molecule has 1 N–H and O–H groups in total. The van der Waals surface area contributed by atoms with Crippen LogP contribution in [0.2, 0.25) is 0 Å². The molecule has 0 unspecified atom stereocenters. The molecule has 0 aliphatic rings. The van der Waals surface area contributed by atoms with Crippen molar-refractivity contribution in [2.24, 2.45) is 0 Å². The predicted molar refractivity (Wildman–Crippen MR) is 86.5 cm³/mol. The fourth-order valence-electron chi connectivity index (χ4n) is 1.73. The predicted octanol–water partition coefficient (Wildman–Crippen LogP) is 3.60. The van der Waals surface area contributed by atoms with Gasteiger partial charge in [0.25, 0.3) is 0 Å². The molecule has 0 fully saturated rings. The standard InChI is InChI=1S/C16H15N3O2S/c1-3-21-16(20)12-5-4-6-14(7-12)18-9-13(8-17)15-19-11(2)10-22-15/h4-7,9-10,18H,3H2,1-2H3/b13-9+. The van der Waals surface area contributed by atoms with E-state index >= 15 is 0 Å². The number of allylic oxidation sites excluding steroid dienone is 1. The van der Waals surface area contributed by atoms with Crippen LogP contribution in [0.4, 0.5) is 5.69 Å². The highest BCUT2D eigenvalue weighted by Gasteiger charge is 2.07. The van der Waals surface area contributed by atoms with E-state index in [1.54, 1.807) is 37.4 Å². The number of esters is 1.